The first-order chi connectivity index (χ1) is 25.9. The van der Waals surface area contributed by atoms with Crippen LogP contribution in [0.1, 0.15) is 110 Å². The van der Waals surface area contributed by atoms with Gasteiger partial charge >= 0.3 is 0 Å². The first-order valence-corrected chi connectivity index (χ1v) is 20.5. The van der Waals surface area contributed by atoms with Gasteiger partial charge in [0, 0.05) is 11.1 Å². The van der Waals surface area contributed by atoms with E-state index in [9.17, 15) is 0 Å². The Morgan fingerprint density at radius 2 is 1.23 bits per heavy atom. The third-order valence-corrected chi connectivity index (χ3v) is 10.7. The van der Waals surface area contributed by atoms with Gasteiger partial charge < -0.3 is 14.2 Å². The largest absolute Gasteiger partial charge is 0.490 e. The third kappa shape index (κ3) is 12.9. The van der Waals surface area contributed by atoms with Crippen molar-refractivity contribution in [3.63, 3.8) is 0 Å². The lowest BCUT2D eigenvalue weighted by molar-refractivity contribution is -0.0264. The summed E-state index contributed by atoms with van der Waals surface area (Å²) < 4.78 is 18.7. The van der Waals surface area contributed by atoms with E-state index in [0.717, 1.165) is 40.8 Å². The zero-order valence-electron chi connectivity index (χ0n) is 33.1. The Hall–Kier alpha value is -3.92. The number of hydrogen-bond donors (Lipinski definition) is 0. The predicted octanol–water partition coefficient (Wildman–Crippen LogP) is 14.1. The molecule has 5 aromatic carbocycles. The van der Waals surface area contributed by atoms with E-state index in [2.05, 4.69) is 144 Å². The van der Waals surface area contributed by atoms with Gasteiger partial charge in [0.05, 0.1) is 24.9 Å². The van der Waals surface area contributed by atoms with E-state index in [1.165, 1.54) is 67.7 Å². The summed E-state index contributed by atoms with van der Waals surface area (Å²) in [6.45, 7) is 12.5. The van der Waals surface area contributed by atoms with Crippen LogP contribution in [0.3, 0.4) is 0 Å². The molecule has 3 nitrogen and oxygen atoms in total. The van der Waals surface area contributed by atoms with Gasteiger partial charge in [0.2, 0.25) is 0 Å². The van der Waals surface area contributed by atoms with Crippen LogP contribution in [0, 0.1) is 5.92 Å². The first kappa shape index (κ1) is 40.3. The van der Waals surface area contributed by atoms with Gasteiger partial charge in [-0.3, -0.25) is 0 Å². The number of hydrogen-bond acceptors (Lipinski definition) is 3. The Labute approximate surface area is 321 Å². The topological polar surface area (TPSA) is 27.7 Å². The fraction of sp³-hybridized carbons (Fsp3) is 0.440. The molecule has 0 spiro atoms. The average molecular weight is 713 g/mol. The molecule has 0 heterocycles. The molecule has 282 valence electrons. The van der Waals surface area contributed by atoms with E-state index in [1.54, 1.807) is 0 Å². The first-order valence-electron chi connectivity index (χ1n) is 20.5. The molecule has 0 bridgehead atoms. The van der Waals surface area contributed by atoms with E-state index in [-0.39, 0.29) is 6.10 Å². The zero-order valence-corrected chi connectivity index (χ0v) is 33.1. The highest BCUT2D eigenvalue weighted by Crippen LogP contribution is 2.39. The molecule has 0 N–H and O–H groups in total. The van der Waals surface area contributed by atoms with Crippen LogP contribution in [0.4, 0.5) is 0 Å². The molecular weight excluding hydrogens is 649 g/mol. The molecule has 53 heavy (non-hydrogen) atoms. The predicted molar refractivity (Wildman–Crippen MR) is 226 cm³/mol. The Kier molecular flexibility index (Phi) is 16.5. The Morgan fingerprint density at radius 1 is 0.604 bits per heavy atom. The molecule has 0 aromatic heterocycles. The SMILES string of the molecule is CC(CC(C)c1ccc2ccccc2c1)OC1CCCCC1.CCCCC(C)CC(C)OCCOc1c(-c2ccccc2)cccc1-c1ccccc1. The van der Waals surface area contributed by atoms with Crippen LogP contribution in [0.25, 0.3) is 33.0 Å². The summed E-state index contributed by atoms with van der Waals surface area (Å²) in [6, 6.07) is 42.7. The highest BCUT2D eigenvalue weighted by atomic mass is 16.5. The van der Waals surface area contributed by atoms with Crippen molar-refractivity contribution in [3.8, 4) is 28.0 Å². The van der Waals surface area contributed by atoms with Crippen molar-refractivity contribution >= 4 is 10.8 Å². The Balaban J connectivity index is 0.000000216. The van der Waals surface area contributed by atoms with Crippen molar-refractivity contribution in [2.45, 2.75) is 123 Å². The summed E-state index contributed by atoms with van der Waals surface area (Å²) in [4.78, 5) is 0. The van der Waals surface area contributed by atoms with Crippen LogP contribution < -0.4 is 4.74 Å². The molecule has 5 aromatic rings. The lowest BCUT2D eigenvalue weighted by Crippen LogP contribution is -2.23. The van der Waals surface area contributed by atoms with E-state index in [1.807, 2.05) is 12.1 Å². The second-order valence-corrected chi connectivity index (χ2v) is 15.4. The summed E-state index contributed by atoms with van der Waals surface area (Å²) in [6.07, 6.45) is 13.8. The summed E-state index contributed by atoms with van der Waals surface area (Å²) >= 11 is 0. The molecular formula is C50H64O3. The van der Waals surface area contributed by atoms with Crippen LogP contribution >= 0.6 is 0 Å². The minimum absolute atomic E-state index is 0.258. The number of ether oxygens (including phenoxy) is 3. The Bertz CT molecular complexity index is 1690. The fourth-order valence-electron chi connectivity index (χ4n) is 7.81. The molecule has 1 aliphatic rings. The molecule has 0 amide bonds. The van der Waals surface area contributed by atoms with Gasteiger partial charge in [0.15, 0.2) is 0 Å². The molecule has 0 saturated heterocycles. The smallest absolute Gasteiger partial charge is 0.135 e. The number of unbranched alkanes of at least 4 members (excludes halogenated alkanes) is 1. The average Bonchev–Trinajstić information content (AvgIpc) is 3.19. The van der Waals surface area contributed by atoms with Gasteiger partial charge in [-0.15, -0.1) is 0 Å². The maximum atomic E-state index is 6.37. The van der Waals surface area contributed by atoms with Gasteiger partial charge in [-0.2, -0.15) is 0 Å². The van der Waals surface area contributed by atoms with Crippen LogP contribution in [0.2, 0.25) is 0 Å². The van der Waals surface area contributed by atoms with Crippen LogP contribution in [-0.2, 0) is 9.47 Å². The summed E-state index contributed by atoms with van der Waals surface area (Å²) in [7, 11) is 0. The van der Waals surface area contributed by atoms with Gasteiger partial charge in [0.25, 0.3) is 0 Å². The van der Waals surface area contributed by atoms with Crippen molar-refractivity contribution in [2.24, 2.45) is 5.92 Å². The van der Waals surface area contributed by atoms with Crippen LogP contribution in [-0.4, -0.2) is 31.5 Å². The fourth-order valence-corrected chi connectivity index (χ4v) is 7.81. The highest BCUT2D eigenvalue weighted by Gasteiger charge is 2.19. The number of benzene rings is 5. The summed E-state index contributed by atoms with van der Waals surface area (Å²) in [5.41, 5.74) is 5.98. The van der Waals surface area contributed by atoms with Crippen molar-refractivity contribution in [3.05, 3.63) is 127 Å². The van der Waals surface area contributed by atoms with E-state index in [4.69, 9.17) is 14.2 Å². The van der Waals surface area contributed by atoms with Crippen molar-refractivity contribution < 1.29 is 14.2 Å². The second-order valence-electron chi connectivity index (χ2n) is 15.4. The van der Waals surface area contributed by atoms with Gasteiger partial charge in [-0.05, 0) is 78.8 Å². The van der Waals surface area contributed by atoms with Gasteiger partial charge in [-0.1, -0.05) is 181 Å². The normalized spacial score (nSPS) is 15.6. The molecule has 3 heteroatoms. The second kappa shape index (κ2) is 21.7. The maximum Gasteiger partial charge on any atom is 0.135 e. The van der Waals surface area contributed by atoms with Crippen LogP contribution in [0.5, 0.6) is 5.75 Å². The van der Waals surface area contributed by atoms with Crippen molar-refractivity contribution in [1.82, 2.24) is 0 Å². The number of rotatable bonds is 17. The summed E-state index contributed by atoms with van der Waals surface area (Å²) in [5.74, 6) is 2.18. The number of fused-ring (bicyclic) bond motifs is 1. The lowest BCUT2D eigenvalue weighted by Gasteiger charge is -2.27. The van der Waals surface area contributed by atoms with Crippen LogP contribution in [0.15, 0.2) is 121 Å². The molecule has 0 aliphatic heterocycles. The third-order valence-electron chi connectivity index (χ3n) is 10.7. The van der Waals surface area contributed by atoms with Gasteiger partial charge in [-0.25, -0.2) is 0 Å². The minimum atomic E-state index is 0.258. The quantitative estimate of drug-likeness (QED) is 0.0898. The van der Waals surface area contributed by atoms with Gasteiger partial charge in [0.1, 0.15) is 12.4 Å². The van der Waals surface area contributed by atoms with E-state index >= 15 is 0 Å². The Morgan fingerprint density at radius 3 is 1.87 bits per heavy atom. The molecule has 1 aliphatic carbocycles. The van der Waals surface area contributed by atoms with E-state index < -0.39 is 0 Å². The maximum absolute atomic E-state index is 6.37. The minimum Gasteiger partial charge on any atom is -0.490 e. The lowest BCUT2D eigenvalue weighted by atomic mass is 9.93. The molecule has 4 atom stereocenters. The molecule has 1 saturated carbocycles. The zero-order chi connectivity index (χ0) is 37.3. The molecule has 4 unspecified atom stereocenters. The highest BCUT2D eigenvalue weighted by molar-refractivity contribution is 5.83. The summed E-state index contributed by atoms with van der Waals surface area (Å²) in [5, 5.41) is 2.66. The van der Waals surface area contributed by atoms with Crippen molar-refractivity contribution in [1.29, 1.82) is 0 Å². The monoisotopic (exact) mass is 712 g/mol. The van der Waals surface area contributed by atoms with Crippen molar-refractivity contribution in [2.75, 3.05) is 13.2 Å². The number of para-hydroxylation sites is 1. The standard InChI is InChI=1S/C29H36O2.C21H28O/c1-4-5-13-23(2)22-24(3)30-20-21-31-29-27(25-14-8-6-9-15-25)18-12-19-28(29)26-16-10-7-11-17-26;1-16(14-17(2)22-21-10-4-3-5-11-21)19-13-12-18-8-6-7-9-20(18)15-19/h6-12,14-19,23-24H,4-5,13,20-22H2,1-3H3;6-9,12-13,15-17,21H,3-5,10-11,14H2,1-2H3. The van der Waals surface area contributed by atoms with E-state index in [0.29, 0.717) is 37.3 Å². The molecule has 6 rings (SSSR count). The molecule has 0 radical (unpaired) electrons. The molecule has 1 fully saturated rings.